The molecule has 4 amide bonds. The van der Waals surface area contributed by atoms with Crippen LogP contribution in [0.5, 0.6) is 5.75 Å². The van der Waals surface area contributed by atoms with E-state index in [1.54, 1.807) is 43.3 Å². The van der Waals surface area contributed by atoms with Crippen molar-refractivity contribution in [1.82, 2.24) is 30.4 Å². The van der Waals surface area contributed by atoms with E-state index in [9.17, 15) is 24.0 Å². The second-order valence-corrected chi connectivity index (χ2v) is 13.3. The molecule has 0 bridgehead atoms. The van der Waals surface area contributed by atoms with Crippen LogP contribution in [0.15, 0.2) is 48.5 Å². The molecule has 3 aromatic rings. The molecule has 1 aromatic heterocycles. The number of hydrogen-bond donors (Lipinski definition) is 1. The van der Waals surface area contributed by atoms with Crippen molar-refractivity contribution < 1.29 is 47.8 Å². The summed E-state index contributed by atoms with van der Waals surface area (Å²) in [7, 11) is 0. The molecule has 0 spiro atoms. The fourth-order valence-corrected chi connectivity index (χ4v) is 4.49. The zero-order valence-corrected chi connectivity index (χ0v) is 30.0. The third-order valence-electron chi connectivity index (χ3n) is 7.39. The number of nitrogens with zero attached hydrogens (tertiary/aromatic N) is 6. The number of hydroxylamine groups is 2. The molecule has 1 aliphatic heterocycles. The van der Waals surface area contributed by atoms with E-state index >= 15 is 0 Å². The highest BCUT2D eigenvalue weighted by Gasteiger charge is 2.33. The summed E-state index contributed by atoms with van der Waals surface area (Å²) in [5, 5.41) is 19.8. The molecule has 0 radical (unpaired) electrons. The van der Waals surface area contributed by atoms with Gasteiger partial charge in [-0.15, -0.1) is 20.4 Å². The van der Waals surface area contributed by atoms with Crippen molar-refractivity contribution >= 4 is 35.7 Å². The van der Waals surface area contributed by atoms with Gasteiger partial charge in [0.15, 0.2) is 5.82 Å². The van der Waals surface area contributed by atoms with Gasteiger partial charge in [0.2, 0.25) is 11.7 Å². The van der Waals surface area contributed by atoms with E-state index in [1.165, 1.54) is 17.0 Å². The number of carbonyl (C=O) groups excluding carboxylic acids is 5. The van der Waals surface area contributed by atoms with E-state index in [1.807, 2.05) is 34.6 Å². The minimum absolute atomic E-state index is 0.0273. The van der Waals surface area contributed by atoms with Crippen molar-refractivity contribution in [2.45, 2.75) is 85.2 Å². The van der Waals surface area contributed by atoms with E-state index in [0.717, 1.165) is 0 Å². The summed E-state index contributed by atoms with van der Waals surface area (Å²) >= 11 is 0. The lowest BCUT2D eigenvalue weighted by Crippen LogP contribution is -2.33. The molecule has 1 saturated heterocycles. The number of amides is 4. The van der Waals surface area contributed by atoms with Crippen LogP contribution < -0.4 is 10.1 Å². The minimum atomic E-state index is -1.20. The summed E-state index contributed by atoms with van der Waals surface area (Å²) in [5.74, 6) is -0.927. The molecule has 0 aliphatic carbocycles. The van der Waals surface area contributed by atoms with Gasteiger partial charge in [0, 0.05) is 37.2 Å². The highest BCUT2D eigenvalue weighted by atomic mass is 16.8. The number of imide groups is 1. The molecular formula is C35H43N7O10. The molecule has 17 nitrogen and oxygen atoms in total. The lowest BCUT2D eigenvalue weighted by molar-refractivity contribution is -0.177. The van der Waals surface area contributed by atoms with Gasteiger partial charge in [-0.05, 0) is 77.8 Å². The Kier molecular flexibility index (Phi) is 13.3. The van der Waals surface area contributed by atoms with Crippen molar-refractivity contribution in [1.29, 1.82) is 0 Å². The van der Waals surface area contributed by atoms with E-state index in [4.69, 9.17) is 18.9 Å². The fourth-order valence-electron chi connectivity index (χ4n) is 4.49. The molecule has 1 N–H and O–H groups in total. The Balaban J connectivity index is 1.24. The van der Waals surface area contributed by atoms with E-state index < -0.39 is 29.7 Å². The van der Waals surface area contributed by atoms with Crippen LogP contribution in [0.3, 0.4) is 0 Å². The first-order valence-corrected chi connectivity index (χ1v) is 16.6. The Morgan fingerprint density at radius 2 is 1.58 bits per heavy atom. The zero-order valence-electron chi connectivity index (χ0n) is 30.0. The highest BCUT2D eigenvalue weighted by Crippen LogP contribution is 2.21. The molecule has 2 aromatic carbocycles. The first kappa shape index (κ1) is 39.2. The Morgan fingerprint density at radius 1 is 0.904 bits per heavy atom. The Labute approximate surface area is 300 Å². The lowest BCUT2D eigenvalue weighted by atomic mass is 10.1. The topological polar surface area (TPSA) is 202 Å². The van der Waals surface area contributed by atoms with Gasteiger partial charge in [-0.2, -0.15) is 0 Å². The van der Waals surface area contributed by atoms with Crippen LogP contribution in [0, 0.1) is 0 Å². The van der Waals surface area contributed by atoms with Crippen molar-refractivity contribution in [3.05, 3.63) is 59.9 Å². The minimum Gasteiger partial charge on any atom is -0.428 e. The molecule has 52 heavy (non-hydrogen) atoms. The van der Waals surface area contributed by atoms with Crippen LogP contribution in [0.25, 0.3) is 11.4 Å². The maximum absolute atomic E-state index is 12.9. The largest absolute Gasteiger partial charge is 0.534 e. The number of ether oxygens (including phenoxy) is 4. The molecule has 0 unspecified atom stereocenters. The van der Waals surface area contributed by atoms with Gasteiger partial charge in [0.05, 0.1) is 17.7 Å². The maximum Gasteiger partial charge on any atom is 0.534 e. The number of rotatable bonds is 15. The SMILES string of the molecule is CCN(Cc1nnc(-c2cccc(NC(=O)COC(C)(C)CCOC(C)(C)C)c2)nn1)C(=O)Oc1ccc(COC(=O)ON2C(=O)CCC2=O)cc1. The summed E-state index contributed by atoms with van der Waals surface area (Å²) in [6.07, 6.45) is -1.30. The number of benzene rings is 2. The van der Waals surface area contributed by atoms with Gasteiger partial charge in [-0.1, -0.05) is 29.3 Å². The predicted molar refractivity (Wildman–Crippen MR) is 183 cm³/mol. The van der Waals surface area contributed by atoms with Crippen LogP contribution >= 0.6 is 0 Å². The van der Waals surface area contributed by atoms with Gasteiger partial charge in [0.25, 0.3) is 11.8 Å². The predicted octanol–water partition coefficient (Wildman–Crippen LogP) is 4.61. The molecule has 0 atom stereocenters. The summed E-state index contributed by atoms with van der Waals surface area (Å²) < 4.78 is 22.0. The molecule has 1 fully saturated rings. The van der Waals surface area contributed by atoms with Crippen LogP contribution in [0.2, 0.25) is 0 Å². The number of carbonyl (C=O) groups is 5. The van der Waals surface area contributed by atoms with Gasteiger partial charge >= 0.3 is 12.2 Å². The molecular weight excluding hydrogens is 678 g/mol. The van der Waals surface area contributed by atoms with E-state index in [2.05, 4.69) is 30.5 Å². The van der Waals surface area contributed by atoms with E-state index in [0.29, 0.717) is 34.9 Å². The Bertz CT molecular complexity index is 1710. The molecule has 1 aliphatic rings. The third-order valence-corrected chi connectivity index (χ3v) is 7.39. The van der Waals surface area contributed by atoms with Crippen molar-refractivity contribution in [3.8, 4) is 17.1 Å². The smallest absolute Gasteiger partial charge is 0.428 e. The summed E-state index contributed by atoms with van der Waals surface area (Å²) in [6.45, 7) is 11.9. The molecule has 17 heteroatoms. The van der Waals surface area contributed by atoms with Gasteiger partial charge in [0.1, 0.15) is 19.0 Å². The number of aromatic nitrogens is 4. The second-order valence-electron chi connectivity index (χ2n) is 13.3. The van der Waals surface area contributed by atoms with Gasteiger partial charge in [-0.25, -0.2) is 9.59 Å². The van der Waals surface area contributed by atoms with Crippen LogP contribution in [-0.4, -0.2) is 91.3 Å². The monoisotopic (exact) mass is 721 g/mol. The van der Waals surface area contributed by atoms with Crippen molar-refractivity contribution in [3.63, 3.8) is 0 Å². The third kappa shape index (κ3) is 12.3. The highest BCUT2D eigenvalue weighted by molar-refractivity contribution is 6.01. The van der Waals surface area contributed by atoms with Crippen molar-refractivity contribution in [2.24, 2.45) is 0 Å². The fraction of sp³-hybridized carbons (Fsp3) is 0.457. The number of nitrogens with one attached hydrogen (secondary N) is 1. The second kappa shape index (κ2) is 17.6. The van der Waals surface area contributed by atoms with Gasteiger partial charge < -0.3 is 29.2 Å². The normalized spacial score (nSPS) is 13.2. The summed E-state index contributed by atoms with van der Waals surface area (Å²) in [4.78, 5) is 66.5. The Hall–Kier alpha value is -5.55. The van der Waals surface area contributed by atoms with Gasteiger partial charge in [-0.3, -0.25) is 19.2 Å². The van der Waals surface area contributed by atoms with Crippen LogP contribution in [-0.2, 0) is 46.6 Å². The quantitative estimate of drug-likeness (QED) is 0.168. The first-order valence-electron chi connectivity index (χ1n) is 16.6. The van der Waals surface area contributed by atoms with Crippen molar-refractivity contribution in [2.75, 3.05) is 25.1 Å². The number of hydrogen-bond acceptors (Lipinski definition) is 14. The average Bonchev–Trinajstić information content (AvgIpc) is 3.41. The molecule has 0 saturated carbocycles. The first-order chi connectivity index (χ1) is 24.6. The number of anilines is 1. The van der Waals surface area contributed by atoms with Crippen LogP contribution in [0.4, 0.5) is 15.3 Å². The molecule has 4 rings (SSSR count). The van der Waals surface area contributed by atoms with Crippen LogP contribution in [0.1, 0.15) is 72.2 Å². The Morgan fingerprint density at radius 3 is 2.21 bits per heavy atom. The zero-order chi connectivity index (χ0) is 37.9. The molecule has 278 valence electrons. The lowest BCUT2D eigenvalue weighted by Gasteiger charge is -2.27. The average molecular weight is 722 g/mol. The summed E-state index contributed by atoms with van der Waals surface area (Å²) in [5.41, 5.74) is 0.822. The maximum atomic E-state index is 12.9. The summed E-state index contributed by atoms with van der Waals surface area (Å²) in [6, 6.07) is 13.0. The van der Waals surface area contributed by atoms with E-state index in [-0.39, 0.29) is 68.1 Å². The standard InChI is InChI=1S/C35H43N7O10/c1-7-41(32(46)51-26-13-11-23(12-14-26)21-48-33(47)52-42-29(44)15-16-30(42)45)20-27-37-39-31(40-38-27)24-9-8-10-25(19-24)36-28(43)22-50-35(5,6)17-18-49-34(2,3)4/h8-14,19H,7,15-18,20-22H2,1-6H3,(H,36,43). The molecule has 2 heterocycles.